The lowest BCUT2D eigenvalue weighted by atomic mass is 10.0. The van der Waals surface area contributed by atoms with E-state index in [1.165, 1.54) is 20.5 Å². The van der Waals surface area contributed by atoms with Crippen LogP contribution in [0.2, 0.25) is 5.28 Å². The number of aromatic nitrogens is 2. The largest absolute Gasteiger partial charge is 0.223 e. The second-order valence-electron chi connectivity index (χ2n) is 6.06. The normalized spacial score (nSPS) is 11.3. The van der Waals surface area contributed by atoms with Crippen molar-refractivity contribution in [3.63, 3.8) is 0 Å². The minimum Gasteiger partial charge on any atom is -0.218 e. The van der Waals surface area contributed by atoms with Crippen LogP contribution in [0.4, 0.5) is 0 Å². The van der Waals surface area contributed by atoms with Crippen molar-refractivity contribution in [3.8, 4) is 21.7 Å². The van der Waals surface area contributed by atoms with E-state index in [4.69, 9.17) is 11.6 Å². The maximum absolute atomic E-state index is 6.21. The highest BCUT2D eigenvalue weighted by Gasteiger charge is 2.15. The van der Waals surface area contributed by atoms with E-state index in [-0.39, 0.29) is 5.28 Å². The molecule has 26 heavy (non-hydrogen) atoms. The summed E-state index contributed by atoms with van der Waals surface area (Å²) in [5.74, 6) is 0. The van der Waals surface area contributed by atoms with Gasteiger partial charge in [0.05, 0.1) is 11.2 Å². The number of hydrogen-bond acceptors (Lipinski definition) is 3. The number of hydrogen-bond donors (Lipinski definition) is 0. The van der Waals surface area contributed by atoms with Crippen LogP contribution in [0.25, 0.3) is 42.7 Å². The molecule has 0 saturated carbocycles. The fraction of sp³-hybridized carbons (Fsp3) is 0. The standard InChI is InChI=1S/C22H13ClN2S/c23-22-24-17-12-11-16-13-18(14-7-3-1-4-8-14)26-21(16)19(17)20(25-22)15-9-5-2-6-10-15/h1-13H. The molecule has 0 unspecified atom stereocenters. The molecule has 0 radical (unpaired) electrons. The van der Waals surface area contributed by atoms with E-state index < -0.39 is 0 Å². The Morgan fingerprint density at radius 3 is 2.15 bits per heavy atom. The van der Waals surface area contributed by atoms with Crippen LogP contribution in [-0.4, -0.2) is 9.97 Å². The van der Waals surface area contributed by atoms with Gasteiger partial charge in [0.2, 0.25) is 5.28 Å². The lowest BCUT2D eigenvalue weighted by Gasteiger charge is -2.07. The van der Waals surface area contributed by atoms with E-state index in [9.17, 15) is 0 Å². The van der Waals surface area contributed by atoms with Gasteiger partial charge < -0.3 is 0 Å². The molecule has 5 aromatic rings. The molecule has 0 aliphatic rings. The molecular weight excluding hydrogens is 360 g/mol. The highest BCUT2D eigenvalue weighted by Crippen LogP contribution is 2.40. The second-order valence-corrected chi connectivity index (χ2v) is 7.45. The molecule has 0 bridgehead atoms. The second kappa shape index (κ2) is 6.20. The third kappa shape index (κ3) is 2.57. The van der Waals surface area contributed by atoms with Crippen LogP contribution in [0.1, 0.15) is 0 Å². The average molecular weight is 373 g/mol. The molecular formula is C22H13ClN2S. The summed E-state index contributed by atoms with van der Waals surface area (Å²) >= 11 is 7.98. The Hall–Kier alpha value is -2.75. The zero-order chi connectivity index (χ0) is 17.5. The molecule has 0 aliphatic heterocycles. The molecule has 0 amide bonds. The van der Waals surface area contributed by atoms with Crippen LogP contribution in [0.15, 0.2) is 78.9 Å². The smallest absolute Gasteiger partial charge is 0.218 e. The van der Waals surface area contributed by atoms with Gasteiger partial charge in [-0.3, -0.25) is 0 Å². The van der Waals surface area contributed by atoms with Crippen molar-refractivity contribution in [1.82, 2.24) is 9.97 Å². The molecule has 4 heteroatoms. The Bertz CT molecular complexity index is 1230. The third-order valence-corrected chi connectivity index (χ3v) is 5.81. The first-order valence-electron chi connectivity index (χ1n) is 8.30. The van der Waals surface area contributed by atoms with Gasteiger partial charge in [-0.05, 0) is 34.7 Å². The monoisotopic (exact) mass is 372 g/mol. The van der Waals surface area contributed by atoms with Crippen LogP contribution in [0.5, 0.6) is 0 Å². The first-order chi connectivity index (χ1) is 12.8. The number of halogens is 1. The first kappa shape index (κ1) is 15.5. The van der Waals surface area contributed by atoms with Crippen molar-refractivity contribution in [2.45, 2.75) is 0 Å². The Morgan fingerprint density at radius 2 is 1.42 bits per heavy atom. The third-order valence-electron chi connectivity index (χ3n) is 4.42. The molecule has 2 aromatic heterocycles. The summed E-state index contributed by atoms with van der Waals surface area (Å²) in [4.78, 5) is 10.3. The van der Waals surface area contributed by atoms with Gasteiger partial charge in [-0.2, -0.15) is 0 Å². The zero-order valence-electron chi connectivity index (χ0n) is 13.7. The van der Waals surface area contributed by atoms with Crippen molar-refractivity contribution in [2.75, 3.05) is 0 Å². The lowest BCUT2D eigenvalue weighted by Crippen LogP contribution is -1.91. The number of thiophene rings is 1. The van der Waals surface area contributed by atoms with Crippen LogP contribution in [0, 0.1) is 0 Å². The maximum Gasteiger partial charge on any atom is 0.223 e. The molecule has 5 rings (SSSR count). The molecule has 0 saturated heterocycles. The molecule has 2 heterocycles. The first-order valence-corrected chi connectivity index (χ1v) is 9.50. The van der Waals surface area contributed by atoms with Crippen LogP contribution in [0.3, 0.4) is 0 Å². The van der Waals surface area contributed by atoms with E-state index in [2.05, 4.69) is 58.5 Å². The van der Waals surface area contributed by atoms with Gasteiger partial charge in [0, 0.05) is 20.5 Å². The van der Waals surface area contributed by atoms with Crippen molar-refractivity contribution in [1.29, 1.82) is 0 Å². The van der Waals surface area contributed by atoms with Crippen molar-refractivity contribution in [2.24, 2.45) is 0 Å². The SMILES string of the molecule is Clc1nc(-c2ccccc2)c2c(ccc3cc(-c4ccccc4)sc32)n1. The fourth-order valence-corrected chi connectivity index (χ4v) is 4.62. The van der Waals surface area contributed by atoms with Crippen molar-refractivity contribution < 1.29 is 0 Å². The number of fused-ring (bicyclic) bond motifs is 3. The highest BCUT2D eigenvalue weighted by atomic mass is 35.5. The Morgan fingerprint density at radius 1 is 0.731 bits per heavy atom. The van der Waals surface area contributed by atoms with E-state index in [1.807, 2.05) is 30.3 Å². The Balaban J connectivity index is 1.86. The van der Waals surface area contributed by atoms with Gasteiger partial charge in [-0.1, -0.05) is 66.7 Å². The predicted octanol–water partition coefficient (Wildman–Crippen LogP) is 6.83. The fourth-order valence-electron chi connectivity index (χ4n) is 3.24. The topological polar surface area (TPSA) is 25.8 Å². The molecule has 0 atom stereocenters. The predicted molar refractivity (Wildman–Crippen MR) is 111 cm³/mol. The van der Waals surface area contributed by atoms with Gasteiger partial charge in [0.25, 0.3) is 0 Å². The Kier molecular flexibility index (Phi) is 3.70. The molecule has 2 nitrogen and oxygen atoms in total. The maximum atomic E-state index is 6.21. The van der Waals surface area contributed by atoms with Crippen LogP contribution < -0.4 is 0 Å². The quantitative estimate of drug-likeness (QED) is 0.317. The number of benzene rings is 3. The Labute approximate surface area is 159 Å². The molecule has 3 aromatic carbocycles. The molecule has 124 valence electrons. The molecule has 0 aliphatic carbocycles. The summed E-state index contributed by atoms with van der Waals surface area (Å²) in [7, 11) is 0. The van der Waals surface area contributed by atoms with Gasteiger partial charge in [0.1, 0.15) is 0 Å². The van der Waals surface area contributed by atoms with Crippen molar-refractivity contribution in [3.05, 3.63) is 84.1 Å². The zero-order valence-corrected chi connectivity index (χ0v) is 15.3. The number of nitrogens with zero attached hydrogens (tertiary/aromatic N) is 2. The molecule has 0 fully saturated rings. The summed E-state index contributed by atoms with van der Waals surface area (Å²) in [6.45, 7) is 0. The van der Waals surface area contributed by atoms with Gasteiger partial charge >= 0.3 is 0 Å². The number of rotatable bonds is 2. The minimum absolute atomic E-state index is 0.274. The molecule has 0 N–H and O–H groups in total. The van der Waals surface area contributed by atoms with E-state index >= 15 is 0 Å². The van der Waals surface area contributed by atoms with Crippen LogP contribution in [-0.2, 0) is 0 Å². The molecule has 0 spiro atoms. The summed E-state index contributed by atoms with van der Waals surface area (Å²) in [5.41, 5.74) is 4.02. The minimum atomic E-state index is 0.274. The lowest BCUT2D eigenvalue weighted by molar-refractivity contribution is 1.23. The van der Waals surface area contributed by atoms with Crippen molar-refractivity contribution >= 4 is 43.9 Å². The van der Waals surface area contributed by atoms with Crippen LogP contribution >= 0.6 is 22.9 Å². The van der Waals surface area contributed by atoms with Gasteiger partial charge in [0.15, 0.2) is 0 Å². The summed E-state index contributed by atoms with van der Waals surface area (Å²) < 4.78 is 1.19. The average Bonchev–Trinajstić information content (AvgIpc) is 3.13. The summed E-state index contributed by atoms with van der Waals surface area (Å²) in [5, 5.41) is 2.53. The summed E-state index contributed by atoms with van der Waals surface area (Å²) in [6, 6.07) is 27.0. The van der Waals surface area contributed by atoms with E-state index in [0.717, 1.165) is 22.2 Å². The van der Waals surface area contributed by atoms with E-state index in [0.29, 0.717) is 0 Å². The summed E-state index contributed by atoms with van der Waals surface area (Å²) in [6.07, 6.45) is 0. The highest BCUT2D eigenvalue weighted by molar-refractivity contribution is 7.23. The van der Waals surface area contributed by atoms with Gasteiger partial charge in [-0.25, -0.2) is 9.97 Å². The van der Waals surface area contributed by atoms with E-state index in [1.54, 1.807) is 11.3 Å². The van der Waals surface area contributed by atoms with Gasteiger partial charge in [-0.15, -0.1) is 11.3 Å².